The molecule has 7 heteroatoms. The molecule has 150 valence electrons. The molecule has 1 heterocycles. The molecule has 0 spiro atoms. The molecule has 30 heavy (non-hydrogen) atoms. The van der Waals surface area contributed by atoms with Crippen LogP contribution in [0.1, 0.15) is 20.0 Å². The van der Waals surface area contributed by atoms with E-state index in [9.17, 15) is 9.59 Å². The van der Waals surface area contributed by atoms with Crippen molar-refractivity contribution in [3.63, 3.8) is 0 Å². The largest absolute Gasteiger partial charge is 0.497 e. The predicted octanol–water partition coefficient (Wildman–Crippen LogP) is 6.03. The molecule has 0 aliphatic carbocycles. The molecule has 5 nitrogen and oxygen atoms in total. The quantitative estimate of drug-likeness (QED) is 0.305. The van der Waals surface area contributed by atoms with E-state index in [1.165, 1.54) is 11.3 Å². The average molecular weight is 438 g/mol. The van der Waals surface area contributed by atoms with E-state index < -0.39 is 5.97 Å². The minimum absolute atomic E-state index is 0.273. The van der Waals surface area contributed by atoms with Crippen molar-refractivity contribution in [2.75, 3.05) is 12.4 Å². The van der Waals surface area contributed by atoms with Gasteiger partial charge in [-0.2, -0.15) is 0 Å². The maximum Gasteiger partial charge on any atom is 0.355 e. The molecule has 1 amide bonds. The fraction of sp³-hybridized carbons (Fsp3) is 0.0435. The molecule has 0 radical (unpaired) electrons. The summed E-state index contributed by atoms with van der Waals surface area (Å²) in [6.07, 6.45) is 0. The summed E-state index contributed by atoms with van der Waals surface area (Å²) in [6, 6.07) is 20.9. The lowest BCUT2D eigenvalue weighted by atomic mass is 10.2. The van der Waals surface area contributed by atoms with Crippen molar-refractivity contribution in [3.8, 4) is 11.5 Å². The lowest BCUT2D eigenvalue weighted by Crippen LogP contribution is -2.12. The number of methoxy groups -OCH3 is 1. The van der Waals surface area contributed by atoms with Gasteiger partial charge in [0.05, 0.1) is 12.1 Å². The number of carbonyl (C=O) groups is 2. The molecule has 0 aliphatic heterocycles. The zero-order valence-electron chi connectivity index (χ0n) is 15.8. The van der Waals surface area contributed by atoms with Gasteiger partial charge >= 0.3 is 5.97 Å². The number of thiophene rings is 1. The number of hydrogen-bond acceptors (Lipinski definition) is 5. The number of amides is 1. The smallest absolute Gasteiger partial charge is 0.355 e. The van der Waals surface area contributed by atoms with E-state index in [0.717, 1.165) is 10.1 Å². The van der Waals surface area contributed by atoms with Gasteiger partial charge in [-0.05, 0) is 54.6 Å². The predicted molar refractivity (Wildman–Crippen MR) is 119 cm³/mol. The summed E-state index contributed by atoms with van der Waals surface area (Å²) >= 11 is 7.61. The fourth-order valence-corrected chi connectivity index (χ4v) is 4.24. The van der Waals surface area contributed by atoms with Gasteiger partial charge in [-0.15, -0.1) is 11.3 Å². The normalized spacial score (nSPS) is 10.6. The van der Waals surface area contributed by atoms with Crippen molar-refractivity contribution < 1.29 is 19.1 Å². The van der Waals surface area contributed by atoms with E-state index in [4.69, 9.17) is 21.1 Å². The van der Waals surface area contributed by atoms with Crippen LogP contribution in [-0.2, 0) is 0 Å². The first-order chi connectivity index (χ1) is 14.5. The number of esters is 1. The highest BCUT2D eigenvalue weighted by Crippen LogP contribution is 2.35. The molecule has 0 unspecified atom stereocenters. The van der Waals surface area contributed by atoms with Gasteiger partial charge in [-0.1, -0.05) is 29.8 Å². The molecule has 3 aromatic carbocycles. The molecule has 4 aromatic rings. The van der Waals surface area contributed by atoms with Crippen LogP contribution in [0.25, 0.3) is 10.1 Å². The van der Waals surface area contributed by atoms with Crippen molar-refractivity contribution in [1.82, 2.24) is 0 Å². The molecule has 1 aromatic heterocycles. The molecule has 1 N–H and O–H groups in total. The Morgan fingerprint density at radius 1 is 0.900 bits per heavy atom. The number of fused-ring (bicyclic) bond motifs is 1. The molecule has 0 fully saturated rings. The van der Waals surface area contributed by atoms with Gasteiger partial charge < -0.3 is 14.8 Å². The Morgan fingerprint density at radius 3 is 2.23 bits per heavy atom. The Morgan fingerprint density at radius 2 is 1.57 bits per heavy atom. The summed E-state index contributed by atoms with van der Waals surface area (Å²) in [4.78, 5) is 25.3. The van der Waals surface area contributed by atoms with Crippen LogP contribution in [0.15, 0.2) is 72.8 Å². The summed E-state index contributed by atoms with van der Waals surface area (Å²) in [5, 5.41) is 4.01. The number of hydrogen-bond donors (Lipinski definition) is 1. The van der Waals surface area contributed by atoms with Crippen LogP contribution < -0.4 is 14.8 Å². The molecule has 0 bridgehead atoms. The Bertz CT molecular complexity index is 1220. The zero-order valence-corrected chi connectivity index (χ0v) is 17.4. The van der Waals surface area contributed by atoms with Crippen LogP contribution in [0.2, 0.25) is 5.02 Å². The number of carbonyl (C=O) groups excluding carboxylic acids is 2. The summed E-state index contributed by atoms with van der Waals surface area (Å²) < 4.78 is 11.4. The summed E-state index contributed by atoms with van der Waals surface area (Å²) in [6.45, 7) is 0. The standard InChI is InChI=1S/C23H16ClNO4S/c1-28-16-12-8-15(9-13-16)25-22(26)14-6-10-17(11-7-14)29-23(27)21-20(24)18-4-2-3-5-19(18)30-21/h2-13H,1H3,(H,25,26). The van der Waals surface area contributed by atoms with Crippen LogP contribution in [0.5, 0.6) is 11.5 Å². The van der Waals surface area contributed by atoms with E-state index in [0.29, 0.717) is 32.6 Å². The minimum atomic E-state index is -0.531. The maximum atomic E-state index is 12.5. The molecule has 0 saturated carbocycles. The third-order valence-corrected chi connectivity index (χ3v) is 6.05. The summed E-state index contributed by atoms with van der Waals surface area (Å²) in [7, 11) is 1.58. The Labute approximate surface area is 181 Å². The van der Waals surface area contributed by atoms with E-state index >= 15 is 0 Å². The van der Waals surface area contributed by atoms with E-state index in [-0.39, 0.29) is 5.91 Å². The van der Waals surface area contributed by atoms with Crippen molar-refractivity contribution in [1.29, 1.82) is 0 Å². The van der Waals surface area contributed by atoms with Crippen LogP contribution in [-0.4, -0.2) is 19.0 Å². The summed E-state index contributed by atoms with van der Waals surface area (Å²) in [5.74, 6) is 0.231. The van der Waals surface area contributed by atoms with E-state index in [2.05, 4.69) is 5.32 Å². The van der Waals surface area contributed by atoms with Crippen LogP contribution in [0.3, 0.4) is 0 Å². The van der Waals surface area contributed by atoms with E-state index in [1.807, 2.05) is 24.3 Å². The second-order valence-electron chi connectivity index (χ2n) is 6.34. The van der Waals surface area contributed by atoms with Gasteiger partial charge in [0, 0.05) is 21.3 Å². The minimum Gasteiger partial charge on any atom is -0.497 e. The molecule has 0 aliphatic rings. The molecule has 0 atom stereocenters. The third-order valence-electron chi connectivity index (χ3n) is 4.40. The molecule has 0 saturated heterocycles. The number of halogens is 1. The van der Waals surface area contributed by atoms with Gasteiger partial charge in [0.15, 0.2) is 0 Å². The molecular formula is C23H16ClNO4S. The monoisotopic (exact) mass is 437 g/mol. The highest BCUT2D eigenvalue weighted by Gasteiger charge is 2.19. The van der Waals surface area contributed by atoms with Gasteiger partial charge in [0.2, 0.25) is 0 Å². The second-order valence-corrected chi connectivity index (χ2v) is 7.77. The Kier molecular flexibility index (Phi) is 5.70. The third kappa shape index (κ3) is 4.15. The molecular weight excluding hydrogens is 422 g/mol. The lowest BCUT2D eigenvalue weighted by molar-refractivity contribution is 0.0740. The highest BCUT2D eigenvalue weighted by atomic mass is 35.5. The topological polar surface area (TPSA) is 64.6 Å². The summed E-state index contributed by atoms with van der Waals surface area (Å²) in [5.41, 5.74) is 1.08. The number of rotatable bonds is 5. The first-order valence-corrected chi connectivity index (χ1v) is 10.2. The van der Waals surface area contributed by atoms with Crippen LogP contribution in [0, 0.1) is 0 Å². The van der Waals surface area contributed by atoms with E-state index in [1.54, 1.807) is 55.6 Å². The Balaban J connectivity index is 1.44. The zero-order chi connectivity index (χ0) is 21.1. The first-order valence-electron chi connectivity index (χ1n) is 9.00. The van der Waals surface area contributed by atoms with Gasteiger partial charge in [-0.3, -0.25) is 4.79 Å². The number of nitrogens with one attached hydrogen (secondary N) is 1. The number of benzene rings is 3. The van der Waals surface area contributed by atoms with Gasteiger partial charge in [0.25, 0.3) is 5.91 Å². The van der Waals surface area contributed by atoms with Gasteiger partial charge in [-0.25, -0.2) is 4.79 Å². The number of ether oxygens (including phenoxy) is 2. The van der Waals surface area contributed by atoms with Crippen LogP contribution >= 0.6 is 22.9 Å². The van der Waals surface area contributed by atoms with Crippen molar-refractivity contribution in [2.45, 2.75) is 0 Å². The van der Waals surface area contributed by atoms with Gasteiger partial charge in [0.1, 0.15) is 16.4 Å². The van der Waals surface area contributed by atoms with Crippen molar-refractivity contribution in [3.05, 3.63) is 88.3 Å². The fourth-order valence-electron chi connectivity index (χ4n) is 2.85. The van der Waals surface area contributed by atoms with Crippen LogP contribution in [0.4, 0.5) is 5.69 Å². The SMILES string of the molecule is COc1ccc(NC(=O)c2ccc(OC(=O)c3sc4ccccc4c3Cl)cc2)cc1. The second kappa shape index (κ2) is 8.57. The first kappa shape index (κ1) is 19.9. The Hall–Kier alpha value is -3.35. The van der Waals surface area contributed by atoms with Crippen molar-refractivity contribution in [2.24, 2.45) is 0 Å². The molecule has 4 rings (SSSR count). The van der Waals surface area contributed by atoms with Crippen molar-refractivity contribution >= 4 is 50.6 Å². The number of anilines is 1. The average Bonchev–Trinajstić information content (AvgIpc) is 3.11. The maximum absolute atomic E-state index is 12.5. The lowest BCUT2D eigenvalue weighted by Gasteiger charge is -2.07. The highest BCUT2D eigenvalue weighted by molar-refractivity contribution is 7.21.